The molecule has 1 amide bonds. The molecule has 0 spiro atoms. The van der Waals surface area contributed by atoms with Crippen molar-refractivity contribution < 1.29 is 17.9 Å². The summed E-state index contributed by atoms with van der Waals surface area (Å²) in [6, 6.07) is 15.9. The molecule has 1 aliphatic heterocycles. The predicted molar refractivity (Wildman–Crippen MR) is 149 cm³/mol. The van der Waals surface area contributed by atoms with E-state index >= 15 is 0 Å². The van der Waals surface area contributed by atoms with Gasteiger partial charge in [-0.25, -0.2) is 8.42 Å². The van der Waals surface area contributed by atoms with Gasteiger partial charge in [-0.05, 0) is 60.2 Å². The second kappa shape index (κ2) is 10.2. The van der Waals surface area contributed by atoms with Gasteiger partial charge >= 0.3 is 0 Å². The molecule has 1 aliphatic rings. The number of hydrogen-bond donors (Lipinski definition) is 3. The van der Waals surface area contributed by atoms with Crippen molar-refractivity contribution in [3.63, 3.8) is 0 Å². The molecule has 38 heavy (non-hydrogen) atoms. The topological polar surface area (TPSA) is 113 Å². The quantitative estimate of drug-likeness (QED) is 0.314. The molecule has 1 saturated heterocycles. The summed E-state index contributed by atoms with van der Waals surface area (Å²) in [5, 5.41) is 3.83. The highest BCUT2D eigenvalue weighted by Crippen LogP contribution is 2.34. The third kappa shape index (κ3) is 5.44. The minimum absolute atomic E-state index is 0.0384. The molecule has 5 rings (SSSR count). The molecular formula is C29H32N4O4S. The number of rotatable bonds is 6. The smallest absolute Gasteiger partial charge is 0.268 e. The lowest BCUT2D eigenvalue weighted by Gasteiger charge is -2.23. The fourth-order valence-electron chi connectivity index (χ4n) is 4.68. The normalized spacial score (nSPS) is 14.9. The number of pyridine rings is 1. The van der Waals surface area contributed by atoms with Crippen LogP contribution in [0.4, 0.5) is 5.69 Å². The number of carbonyl (C=O) groups is 1. The number of nitrogens with zero attached hydrogens (tertiary/aromatic N) is 1. The van der Waals surface area contributed by atoms with Crippen molar-refractivity contribution in [2.75, 3.05) is 17.9 Å². The molecule has 0 unspecified atom stereocenters. The van der Waals surface area contributed by atoms with Crippen LogP contribution in [0.2, 0.25) is 0 Å². The highest BCUT2D eigenvalue weighted by atomic mass is 32.2. The first-order chi connectivity index (χ1) is 18.1. The molecule has 9 heteroatoms. The minimum atomic E-state index is -3.81. The standard InChI is InChI=1S/C29H32N4O4S/c1-29(2,3)20-6-9-23(10-7-20)38(35,36)33-22-8-11-25-24(17-22)26(19-5-4-14-30-18-19)27(32-25)28(34)31-21-12-15-37-16-13-21/h4-11,14,17-18,21,32-33H,12-13,15-16H2,1-3H3,(H,31,34). The van der Waals surface area contributed by atoms with Crippen molar-refractivity contribution in [3.8, 4) is 11.1 Å². The number of H-pyrrole nitrogens is 1. The average Bonchev–Trinajstić information content (AvgIpc) is 3.28. The number of hydrogen-bond acceptors (Lipinski definition) is 5. The highest BCUT2D eigenvalue weighted by Gasteiger charge is 2.24. The summed E-state index contributed by atoms with van der Waals surface area (Å²) >= 11 is 0. The molecule has 3 heterocycles. The number of aromatic amines is 1. The Labute approximate surface area is 222 Å². The number of amides is 1. The van der Waals surface area contributed by atoms with Crippen molar-refractivity contribution in [1.82, 2.24) is 15.3 Å². The van der Waals surface area contributed by atoms with Crippen LogP contribution in [0.5, 0.6) is 0 Å². The number of ether oxygens (including phenoxy) is 1. The highest BCUT2D eigenvalue weighted by molar-refractivity contribution is 7.92. The summed E-state index contributed by atoms with van der Waals surface area (Å²) in [6.07, 6.45) is 4.89. The number of aromatic nitrogens is 2. The lowest BCUT2D eigenvalue weighted by Crippen LogP contribution is -2.39. The van der Waals surface area contributed by atoms with E-state index in [0.29, 0.717) is 30.2 Å². The van der Waals surface area contributed by atoms with Gasteiger partial charge in [0.2, 0.25) is 0 Å². The zero-order valence-corrected chi connectivity index (χ0v) is 22.6. The Morgan fingerprint density at radius 3 is 2.45 bits per heavy atom. The van der Waals surface area contributed by atoms with Gasteiger partial charge in [0.25, 0.3) is 15.9 Å². The maximum atomic E-state index is 13.4. The van der Waals surface area contributed by atoms with Crippen molar-refractivity contribution >= 4 is 32.5 Å². The molecule has 3 N–H and O–H groups in total. The van der Waals surface area contributed by atoms with Crippen LogP contribution in [-0.4, -0.2) is 43.5 Å². The van der Waals surface area contributed by atoms with E-state index in [4.69, 9.17) is 4.74 Å². The maximum absolute atomic E-state index is 13.4. The van der Waals surface area contributed by atoms with E-state index in [1.54, 1.807) is 42.7 Å². The maximum Gasteiger partial charge on any atom is 0.268 e. The van der Waals surface area contributed by atoms with Crippen molar-refractivity contribution in [2.45, 2.75) is 50.0 Å². The van der Waals surface area contributed by atoms with Crippen LogP contribution in [0.1, 0.15) is 49.7 Å². The van der Waals surface area contributed by atoms with Crippen molar-refractivity contribution in [2.24, 2.45) is 0 Å². The number of anilines is 1. The van der Waals surface area contributed by atoms with Crippen LogP contribution < -0.4 is 10.0 Å². The van der Waals surface area contributed by atoms with Gasteiger partial charge < -0.3 is 15.0 Å². The van der Waals surface area contributed by atoms with Gasteiger partial charge in [-0.1, -0.05) is 39.0 Å². The first kappa shape index (κ1) is 25.9. The van der Waals surface area contributed by atoms with Crippen LogP contribution in [0.25, 0.3) is 22.0 Å². The van der Waals surface area contributed by atoms with Crippen molar-refractivity contribution in [1.29, 1.82) is 0 Å². The zero-order valence-electron chi connectivity index (χ0n) is 21.7. The molecule has 0 saturated carbocycles. The van der Waals surface area contributed by atoms with E-state index in [9.17, 15) is 13.2 Å². The number of sulfonamides is 1. The van der Waals surface area contributed by atoms with Gasteiger partial charge in [0.1, 0.15) is 5.69 Å². The Morgan fingerprint density at radius 2 is 1.79 bits per heavy atom. The zero-order chi connectivity index (χ0) is 26.9. The minimum Gasteiger partial charge on any atom is -0.381 e. The third-order valence-corrected chi connectivity index (χ3v) is 8.21. The van der Waals surface area contributed by atoms with Crippen LogP contribution in [0.15, 0.2) is 71.9 Å². The largest absolute Gasteiger partial charge is 0.381 e. The second-order valence-corrected chi connectivity index (χ2v) is 12.3. The Morgan fingerprint density at radius 1 is 1.05 bits per heavy atom. The fourth-order valence-corrected chi connectivity index (χ4v) is 5.73. The summed E-state index contributed by atoms with van der Waals surface area (Å²) in [7, 11) is -3.81. The van der Waals surface area contributed by atoms with E-state index in [2.05, 4.69) is 40.8 Å². The second-order valence-electron chi connectivity index (χ2n) is 10.6. The molecule has 2 aromatic heterocycles. The van der Waals surface area contributed by atoms with Crippen LogP contribution in [0.3, 0.4) is 0 Å². The molecule has 0 bridgehead atoms. The Bertz CT molecular complexity index is 1550. The van der Waals surface area contributed by atoms with E-state index in [0.717, 1.165) is 34.9 Å². The van der Waals surface area contributed by atoms with Gasteiger partial charge in [-0.15, -0.1) is 0 Å². The van der Waals surface area contributed by atoms with E-state index in [1.807, 2.05) is 24.3 Å². The lowest BCUT2D eigenvalue weighted by atomic mass is 9.87. The van der Waals surface area contributed by atoms with E-state index in [1.165, 1.54) is 0 Å². The monoisotopic (exact) mass is 532 g/mol. The number of carbonyl (C=O) groups excluding carboxylic acids is 1. The Hall–Kier alpha value is -3.69. The fraction of sp³-hybridized carbons (Fsp3) is 0.310. The Balaban J connectivity index is 1.50. The summed E-state index contributed by atoms with van der Waals surface area (Å²) in [5.41, 5.74) is 3.94. The van der Waals surface area contributed by atoms with Gasteiger partial charge in [0.05, 0.1) is 4.90 Å². The van der Waals surface area contributed by atoms with Gasteiger partial charge in [-0.2, -0.15) is 0 Å². The van der Waals surface area contributed by atoms with Crippen LogP contribution in [-0.2, 0) is 20.2 Å². The molecule has 0 radical (unpaired) electrons. The number of nitrogens with one attached hydrogen (secondary N) is 3. The van der Waals surface area contributed by atoms with Gasteiger partial charge in [0, 0.05) is 59.4 Å². The molecular weight excluding hydrogens is 500 g/mol. The molecule has 0 aliphatic carbocycles. The first-order valence-corrected chi connectivity index (χ1v) is 14.2. The van der Waals surface area contributed by atoms with E-state index < -0.39 is 10.0 Å². The SMILES string of the molecule is CC(C)(C)c1ccc(S(=O)(=O)Nc2ccc3[nH]c(C(=O)NC4CCOCC4)c(-c4cccnc4)c3c2)cc1. The first-order valence-electron chi connectivity index (χ1n) is 12.7. The van der Waals surface area contributed by atoms with E-state index in [-0.39, 0.29) is 22.3 Å². The average molecular weight is 533 g/mol. The van der Waals surface area contributed by atoms with Gasteiger partial charge in [-0.3, -0.25) is 14.5 Å². The summed E-state index contributed by atoms with van der Waals surface area (Å²) in [4.78, 5) is 21.0. The van der Waals surface area contributed by atoms with Crippen molar-refractivity contribution in [3.05, 3.63) is 78.2 Å². The van der Waals surface area contributed by atoms with Gasteiger partial charge in [0.15, 0.2) is 0 Å². The molecule has 4 aromatic rings. The molecule has 2 aromatic carbocycles. The summed E-state index contributed by atoms with van der Waals surface area (Å²) in [5.74, 6) is -0.215. The number of benzene rings is 2. The summed E-state index contributed by atoms with van der Waals surface area (Å²) in [6.45, 7) is 7.49. The third-order valence-electron chi connectivity index (χ3n) is 6.82. The van der Waals surface area contributed by atoms with Crippen LogP contribution in [0, 0.1) is 0 Å². The van der Waals surface area contributed by atoms with Crippen LogP contribution >= 0.6 is 0 Å². The lowest BCUT2D eigenvalue weighted by molar-refractivity contribution is 0.0695. The molecule has 0 atom stereocenters. The molecule has 8 nitrogen and oxygen atoms in total. The Kier molecular flexibility index (Phi) is 6.98. The predicted octanol–water partition coefficient (Wildman–Crippen LogP) is 5.24. The molecule has 198 valence electrons. The molecule has 1 fully saturated rings. The summed E-state index contributed by atoms with van der Waals surface area (Å²) < 4.78 is 34.5. The number of fused-ring (bicyclic) bond motifs is 1.